The lowest BCUT2D eigenvalue weighted by Gasteiger charge is -2.31. The SMILES string of the molecule is O=C1C=CC(=O)C(C2COC3(CCCCC3)O2)=C1. The van der Waals surface area contributed by atoms with E-state index in [0.29, 0.717) is 12.2 Å². The zero-order valence-corrected chi connectivity index (χ0v) is 10.2. The molecular formula is C14H16O4. The van der Waals surface area contributed by atoms with E-state index in [0.717, 1.165) is 25.7 Å². The number of carbonyl (C=O) groups excluding carboxylic acids is 2. The van der Waals surface area contributed by atoms with Crippen LogP contribution < -0.4 is 0 Å². The summed E-state index contributed by atoms with van der Waals surface area (Å²) in [5, 5.41) is 0. The maximum absolute atomic E-state index is 11.8. The van der Waals surface area contributed by atoms with Gasteiger partial charge < -0.3 is 9.47 Å². The molecule has 0 radical (unpaired) electrons. The fourth-order valence-corrected chi connectivity index (χ4v) is 2.84. The van der Waals surface area contributed by atoms with Crippen LogP contribution in [0.3, 0.4) is 0 Å². The summed E-state index contributed by atoms with van der Waals surface area (Å²) in [5.41, 5.74) is 0.435. The Labute approximate surface area is 106 Å². The van der Waals surface area contributed by atoms with Crippen molar-refractivity contribution in [2.75, 3.05) is 6.61 Å². The molecule has 0 aromatic heterocycles. The van der Waals surface area contributed by atoms with E-state index in [1.165, 1.54) is 24.6 Å². The third-order valence-electron chi connectivity index (χ3n) is 3.80. The summed E-state index contributed by atoms with van der Waals surface area (Å²) >= 11 is 0. The molecule has 0 aromatic carbocycles. The van der Waals surface area contributed by atoms with Crippen LogP contribution in [0.4, 0.5) is 0 Å². The maximum atomic E-state index is 11.8. The van der Waals surface area contributed by atoms with Crippen LogP contribution in [0.15, 0.2) is 23.8 Å². The fourth-order valence-electron chi connectivity index (χ4n) is 2.84. The molecule has 18 heavy (non-hydrogen) atoms. The fraction of sp³-hybridized carbons (Fsp3) is 0.571. The van der Waals surface area contributed by atoms with E-state index in [-0.39, 0.29) is 17.7 Å². The van der Waals surface area contributed by atoms with Crippen molar-refractivity contribution in [2.45, 2.75) is 44.0 Å². The van der Waals surface area contributed by atoms with Crippen molar-refractivity contribution in [1.29, 1.82) is 0 Å². The van der Waals surface area contributed by atoms with Gasteiger partial charge in [0, 0.05) is 18.4 Å². The minimum atomic E-state index is -0.506. The predicted octanol–water partition coefficient (Wildman–Crippen LogP) is 1.70. The number of ether oxygens (including phenoxy) is 2. The first-order chi connectivity index (χ1) is 8.69. The number of ketones is 2. The second-order valence-corrected chi connectivity index (χ2v) is 5.09. The van der Waals surface area contributed by atoms with Crippen LogP contribution in [0, 0.1) is 0 Å². The molecule has 0 N–H and O–H groups in total. The normalized spacial score (nSPS) is 30.9. The second-order valence-electron chi connectivity index (χ2n) is 5.09. The third kappa shape index (κ3) is 2.06. The minimum absolute atomic E-state index is 0.143. The van der Waals surface area contributed by atoms with E-state index in [2.05, 4.69) is 0 Å². The quantitative estimate of drug-likeness (QED) is 0.663. The molecule has 2 aliphatic carbocycles. The molecule has 3 aliphatic rings. The van der Waals surface area contributed by atoms with E-state index in [1.807, 2.05) is 0 Å². The van der Waals surface area contributed by atoms with Gasteiger partial charge in [0.1, 0.15) is 6.10 Å². The predicted molar refractivity (Wildman–Crippen MR) is 63.9 cm³/mol. The van der Waals surface area contributed by atoms with Gasteiger partial charge in [0.2, 0.25) is 0 Å². The monoisotopic (exact) mass is 248 g/mol. The number of hydrogen-bond donors (Lipinski definition) is 0. The highest BCUT2D eigenvalue weighted by Crippen LogP contribution is 2.39. The highest BCUT2D eigenvalue weighted by Gasteiger charge is 2.44. The lowest BCUT2D eigenvalue weighted by Crippen LogP contribution is -2.34. The van der Waals surface area contributed by atoms with E-state index >= 15 is 0 Å². The van der Waals surface area contributed by atoms with Crippen LogP contribution in [0.2, 0.25) is 0 Å². The molecule has 1 unspecified atom stereocenters. The van der Waals surface area contributed by atoms with Gasteiger partial charge >= 0.3 is 0 Å². The van der Waals surface area contributed by atoms with Crippen LogP contribution in [0.5, 0.6) is 0 Å². The summed E-state index contributed by atoms with van der Waals surface area (Å²) in [6.45, 7) is 0.374. The highest BCUT2D eigenvalue weighted by molar-refractivity contribution is 6.17. The molecule has 1 atom stereocenters. The number of allylic oxidation sites excluding steroid dienone is 3. The number of carbonyl (C=O) groups is 2. The van der Waals surface area contributed by atoms with E-state index in [9.17, 15) is 9.59 Å². The molecule has 0 aromatic rings. The Kier molecular flexibility index (Phi) is 2.92. The molecule has 0 amide bonds. The van der Waals surface area contributed by atoms with E-state index < -0.39 is 5.79 Å². The van der Waals surface area contributed by atoms with Gasteiger partial charge in [-0.3, -0.25) is 9.59 Å². The molecule has 1 aliphatic heterocycles. The molecule has 96 valence electrons. The molecule has 4 nitrogen and oxygen atoms in total. The van der Waals surface area contributed by atoms with Gasteiger partial charge in [-0.05, 0) is 31.1 Å². The Hall–Kier alpha value is -1.26. The summed E-state index contributed by atoms with van der Waals surface area (Å²) < 4.78 is 11.7. The molecule has 1 saturated heterocycles. The Morgan fingerprint density at radius 2 is 1.89 bits per heavy atom. The summed E-state index contributed by atoms with van der Waals surface area (Å²) in [6, 6.07) is 0. The standard InChI is InChI=1S/C14H16O4/c15-10-4-5-12(16)11(8-10)13-9-17-14(18-13)6-2-1-3-7-14/h4-5,8,13H,1-3,6-7,9H2. The lowest BCUT2D eigenvalue weighted by molar-refractivity contribution is -0.184. The smallest absolute Gasteiger partial charge is 0.184 e. The van der Waals surface area contributed by atoms with Crippen LogP contribution in [0.1, 0.15) is 32.1 Å². The van der Waals surface area contributed by atoms with Gasteiger partial charge in [0.05, 0.1) is 6.61 Å². The summed E-state index contributed by atoms with van der Waals surface area (Å²) in [7, 11) is 0. The minimum Gasteiger partial charge on any atom is -0.347 e. The lowest BCUT2D eigenvalue weighted by atomic mass is 9.94. The van der Waals surface area contributed by atoms with Gasteiger partial charge in [0.15, 0.2) is 17.4 Å². The molecule has 0 bridgehead atoms. The van der Waals surface area contributed by atoms with Crippen molar-refractivity contribution >= 4 is 11.6 Å². The molecule has 2 fully saturated rings. The van der Waals surface area contributed by atoms with Crippen molar-refractivity contribution < 1.29 is 19.1 Å². The van der Waals surface area contributed by atoms with Crippen molar-refractivity contribution in [1.82, 2.24) is 0 Å². The molecule has 4 heteroatoms. The van der Waals surface area contributed by atoms with Crippen molar-refractivity contribution in [3.8, 4) is 0 Å². The number of hydrogen-bond acceptors (Lipinski definition) is 4. The van der Waals surface area contributed by atoms with Gasteiger partial charge in [-0.2, -0.15) is 0 Å². The topological polar surface area (TPSA) is 52.6 Å². The van der Waals surface area contributed by atoms with Crippen molar-refractivity contribution in [3.05, 3.63) is 23.8 Å². The zero-order chi connectivity index (χ0) is 12.6. The second kappa shape index (κ2) is 4.44. The van der Waals surface area contributed by atoms with Gasteiger partial charge in [-0.1, -0.05) is 6.42 Å². The van der Waals surface area contributed by atoms with Gasteiger partial charge in [-0.15, -0.1) is 0 Å². The molecule has 1 spiro atoms. The molecular weight excluding hydrogens is 232 g/mol. The van der Waals surface area contributed by atoms with Crippen LogP contribution in [0.25, 0.3) is 0 Å². The van der Waals surface area contributed by atoms with Crippen LogP contribution in [-0.4, -0.2) is 30.1 Å². The largest absolute Gasteiger partial charge is 0.347 e. The van der Waals surface area contributed by atoms with E-state index in [1.54, 1.807) is 0 Å². The van der Waals surface area contributed by atoms with Crippen LogP contribution in [-0.2, 0) is 19.1 Å². The van der Waals surface area contributed by atoms with E-state index in [4.69, 9.17) is 9.47 Å². The van der Waals surface area contributed by atoms with Gasteiger partial charge in [-0.25, -0.2) is 0 Å². The highest BCUT2D eigenvalue weighted by atomic mass is 16.7. The molecule has 3 rings (SSSR count). The zero-order valence-electron chi connectivity index (χ0n) is 10.2. The number of rotatable bonds is 1. The third-order valence-corrected chi connectivity index (χ3v) is 3.80. The first-order valence-corrected chi connectivity index (χ1v) is 6.48. The Balaban J connectivity index is 1.75. The van der Waals surface area contributed by atoms with Crippen LogP contribution >= 0.6 is 0 Å². The Bertz CT molecular complexity index is 441. The Morgan fingerprint density at radius 1 is 1.11 bits per heavy atom. The first kappa shape index (κ1) is 11.8. The van der Waals surface area contributed by atoms with Crippen molar-refractivity contribution in [3.63, 3.8) is 0 Å². The van der Waals surface area contributed by atoms with Gasteiger partial charge in [0.25, 0.3) is 0 Å². The molecule has 1 saturated carbocycles. The maximum Gasteiger partial charge on any atom is 0.184 e. The van der Waals surface area contributed by atoms with Crippen molar-refractivity contribution in [2.24, 2.45) is 0 Å². The summed E-state index contributed by atoms with van der Waals surface area (Å²) in [4.78, 5) is 23.1. The Morgan fingerprint density at radius 3 is 2.67 bits per heavy atom. The average molecular weight is 248 g/mol. The summed E-state index contributed by atoms with van der Waals surface area (Å²) in [5.74, 6) is -0.803. The summed E-state index contributed by atoms with van der Waals surface area (Å²) in [6.07, 6.45) is 8.76. The first-order valence-electron chi connectivity index (χ1n) is 6.48. The molecule has 1 heterocycles. The average Bonchev–Trinajstić information content (AvgIpc) is 2.77.